The predicted molar refractivity (Wildman–Crippen MR) is 127 cm³/mol. The van der Waals surface area contributed by atoms with Crippen LogP contribution in [0.4, 0.5) is 5.13 Å². The minimum Gasteiger partial charge on any atom is -0.298 e. The number of piperidine rings is 1. The lowest BCUT2D eigenvalue weighted by atomic mass is 9.94. The zero-order chi connectivity index (χ0) is 22.3. The highest BCUT2D eigenvalue weighted by Gasteiger charge is 2.29. The lowest BCUT2D eigenvalue weighted by molar-refractivity contribution is 0.102. The highest BCUT2D eigenvalue weighted by Crippen LogP contribution is 2.38. The largest absolute Gasteiger partial charge is 0.298 e. The van der Waals surface area contributed by atoms with E-state index in [-0.39, 0.29) is 10.8 Å². The van der Waals surface area contributed by atoms with E-state index in [1.165, 1.54) is 33.9 Å². The third kappa shape index (κ3) is 3.98. The Bertz CT molecular complexity index is 1270. The Morgan fingerprint density at radius 2 is 1.91 bits per heavy atom. The number of aryl methyl sites for hydroxylation is 2. The average Bonchev–Trinajstić information content (AvgIpc) is 3.22. The number of benzene rings is 2. The van der Waals surface area contributed by atoms with Crippen molar-refractivity contribution in [3.8, 4) is 11.3 Å². The fraction of sp³-hybridized carbons (Fsp3) is 0.333. The van der Waals surface area contributed by atoms with Gasteiger partial charge in [0.1, 0.15) is 0 Å². The lowest BCUT2D eigenvalue weighted by Gasteiger charge is -2.30. The van der Waals surface area contributed by atoms with E-state index in [1.807, 2.05) is 12.1 Å². The third-order valence-electron chi connectivity index (χ3n) is 6.19. The van der Waals surface area contributed by atoms with E-state index in [0.717, 1.165) is 36.9 Å². The van der Waals surface area contributed by atoms with Crippen LogP contribution < -0.4 is 5.32 Å². The molecule has 6 nitrogen and oxygen atoms in total. The van der Waals surface area contributed by atoms with Crippen LogP contribution >= 0.6 is 11.3 Å². The van der Waals surface area contributed by atoms with Gasteiger partial charge < -0.3 is 0 Å². The van der Waals surface area contributed by atoms with Crippen molar-refractivity contribution in [2.24, 2.45) is 5.92 Å². The summed E-state index contributed by atoms with van der Waals surface area (Å²) in [6.07, 6.45) is 3.83. The first-order chi connectivity index (χ1) is 15.4. The number of hydrogen-bond donors (Lipinski definition) is 1. The molecule has 1 aliphatic heterocycles. The number of fused-ring (bicyclic) bond motifs is 3. The number of hydrogen-bond acceptors (Lipinski definition) is 5. The fourth-order valence-electron chi connectivity index (χ4n) is 4.46. The fourth-order valence-corrected chi connectivity index (χ4v) is 7.03. The quantitative estimate of drug-likeness (QED) is 0.609. The zero-order valence-electron chi connectivity index (χ0n) is 17.9. The van der Waals surface area contributed by atoms with Crippen LogP contribution in [0.15, 0.2) is 53.4 Å². The van der Waals surface area contributed by atoms with Gasteiger partial charge in [-0.05, 0) is 61.4 Å². The molecule has 0 bridgehead atoms. The molecule has 1 N–H and O–H groups in total. The van der Waals surface area contributed by atoms with Crippen molar-refractivity contribution < 1.29 is 13.2 Å². The van der Waals surface area contributed by atoms with E-state index in [9.17, 15) is 13.2 Å². The summed E-state index contributed by atoms with van der Waals surface area (Å²) < 4.78 is 27.4. The topological polar surface area (TPSA) is 79.4 Å². The average molecular weight is 468 g/mol. The lowest BCUT2D eigenvalue weighted by Crippen LogP contribution is -2.39. The molecule has 0 unspecified atom stereocenters. The maximum atomic E-state index is 12.9. The van der Waals surface area contributed by atoms with Gasteiger partial charge >= 0.3 is 0 Å². The first kappa shape index (κ1) is 21.3. The van der Waals surface area contributed by atoms with Gasteiger partial charge in [-0.15, -0.1) is 11.3 Å². The maximum absolute atomic E-state index is 12.9. The third-order valence-corrected chi connectivity index (χ3v) is 9.10. The van der Waals surface area contributed by atoms with Crippen molar-refractivity contribution in [3.63, 3.8) is 0 Å². The van der Waals surface area contributed by atoms with E-state index in [2.05, 4.69) is 29.4 Å². The van der Waals surface area contributed by atoms with Crippen molar-refractivity contribution in [3.05, 3.63) is 64.5 Å². The molecule has 1 fully saturated rings. The van der Waals surface area contributed by atoms with E-state index < -0.39 is 10.0 Å². The number of amides is 1. The number of thiazole rings is 1. The first-order valence-corrected chi connectivity index (χ1v) is 13.2. The van der Waals surface area contributed by atoms with Gasteiger partial charge in [0.2, 0.25) is 10.0 Å². The summed E-state index contributed by atoms with van der Waals surface area (Å²) >= 11 is 1.50. The molecule has 1 saturated heterocycles. The molecule has 2 heterocycles. The molecule has 8 heteroatoms. The summed E-state index contributed by atoms with van der Waals surface area (Å²) in [6, 6.07) is 14.4. The van der Waals surface area contributed by atoms with Crippen molar-refractivity contribution in [1.82, 2.24) is 9.29 Å². The highest BCUT2D eigenvalue weighted by atomic mass is 32.2. The Hall–Kier alpha value is -2.55. The Morgan fingerprint density at radius 1 is 1.12 bits per heavy atom. The second-order valence-corrected chi connectivity index (χ2v) is 11.6. The molecule has 5 rings (SSSR count). The second-order valence-electron chi connectivity index (χ2n) is 8.54. The number of carbonyl (C=O) groups excluding carboxylic acids is 1. The summed E-state index contributed by atoms with van der Waals surface area (Å²) in [4.78, 5) is 18.8. The molecular weight excluding hydrogens is 442 g/mol. The van der Waals surface area contributed by atoms with E-state index in [4.69, 9.17) is 0 Å². The molecule has 2 aromatic carbocycles. The highest BCUT2D eigenvalue weighted by molar-refractivity contribution is 7.89. The molecule has 0 saturated carbocycles. The Morgan fingerprint density at radius 3 is 2.69 bits per heavy atom. The summed E-state index contributed by atoms with van der Waals surface area (Å²) in [5.74, 6) is 0.0691. The van der Waals surface area contributed by atoms with Crippen LogP contribution in [0.5, 0.6) is 0 Å². The number of rotatable bonds is 4. The van der Waals surface area contributed by atoms with Gasteiger partial charge in [0.05, 0.1) is 10.6 Å². The standard InChI is InChI=1S/C24H25N3O3S2/c1-16-5-4-14-27(15-16)32(29,30)19-11-8-18(9-12-19)23(28)26-24-25-22-20-7-3-2-6-17(20)10-13-21(22)31-24/h2-3,6-9,11-12,16H,4-5,10,13-15H2,1H3,(H,25,26,28)/t16-/m1/s1. The smallest absolute Gasteiger partial charge is 0.257 e. The Labute approximate surface area is 192 Å². The molecule has 0 radical (unpaired) electrons. The van der Waals surface area contributed by atoms with Crippen LogP contribution in [-0.4, -0.2) is 36.7 Å². The first-order valence-electron chi connectivity index (χ1n) is 10.9. The molecule has 1 aromatic heterocycles. The van der Waals surface area contributed by atoms with Crippen LogP contribution in [0, 0.1) is 5.92 Å². The van der Waals surface area contributed by atoms with Gasteiger partial charge in [0, 0.05) is 29.1 Å². The summed E-state index contributed by atoms with van der Waals surface area (Å²) in [5, 5.41) is 3.45. The Balaban J connectivity index is 1.32. The second kappa shape index (κ2) is 8.42. The molecule has 166 valence electrons. The van der Waals surface area contributed by atoms with Crippen LogP contribution in [0.25, 0.3) is 11.3 Å². The molecule has 1 aliphatic carbocycles. The van der Waals surface area contributed by atoms with Crippen molar-refractivity contribution in [1.29, 1.82) is 0 Å². The van der Waals surface area contributed by atoms with Gasteiger partial charge in [0.25, 0.3) is 5.91 Å². The van der Waals surface area contributed by atoms with E-state index in [0.29, 0.717) is 29.7 Å². The van der Waals surface area contributed by atoms with Crippen LogP contribution in [-0.2, 0) is 22.9 Å². The minimum atomic E-state index is -3.54. The van der Waals surface area contributed by atoms with Gasteiger partial charge in [-0.3, -0.25) is 10.1 Å². The zero-order valence-corrected chi connectivity index (χ0v) is 19.5. The van der Waals surface area contributed by atoms with Crippen molar-refractivity contribution >= 4 is 32.4 Å². The SMILES string of the molecule is C[C@@H]1CCCN(S(=O)(=O)c2ccc(C(=O)Nc3nc4c(s3)CCc3ccccc3-4)cc2)C1. The Kier molecular flexibility index (Phi) is 5.61. The summed E-state index contributed by atoms with van der Waals surface area (Å²) in [6.45, 7) is 3.17. The maximum Gasteiger partial charge on any atom is 0.257 e. The molecule has 3 aromatic rings. The van der Waals surface area contributed by atoms with Gasteiger partial charge in [-0.2, -0.15) is 4.31 Å². The number of sulfonamides is 1. The van der Waals surface area contributed by atoms with E-state index >= 15 is 0 Å². The molecule has 1 amide bonds. The number of aromatic nitrogens is 1. The number of nitrogens with one attached hydrogen (secondary N) is 1. The molecular formula is C24H25N3O3S2. The normalized spacial score (nSPS) is 18.6. The van der Waals surface area contributed by atoms with Gasteiger partial charge in [0.15, 0.2) is 5.13 Å². The predicted octanol–water partition coefficient (Wildman–Crippen LogP) is 4.58. The number of carbonyl (C=O) groups is 1. The summed E-state index contributed by atoms with van der Waals surface area (Å²) in [7, 11) is -3.54. The van der Waals surface area contributed by atoms with Crippen LogP contribution in [0.3, 0.4) is 0 Å². The van der Waals surface area contributed by atoms with Crippen LogP contribution in [0.2, 0.25) is 0 Å². The molecule has 0 spiro atoms. The molecule has 32 heavy (non-hydrogen) atoms. The number of anilines is 1. The van der Waals surface area contributed by atoms with Gasteiger partial charge in [-0.1, -0.05) is 31.2 Å². The molecule has 1 atom stereocenters. The monoisotopic (exact) mass is 467 g/mol. The van der Waals surface area contributed by atoms with Crippen molar-refractivity contribution in [2.45, 2.75) is 37.5 Å². The van der Waals surface area contributed by atoms with Gasteiger partial charge in [-0.25, -0.2) is 13.4 Å². The summed E-state index contributed by atoms with van der Waals surface area (Å²) in [5.41, 5.74) is 3.77. The molecule has 2 aliphatic rings. The minimum absolute atomic E-state index is 0.226. The van der Waals surface area contributed by atoms with Crippen LogP contribution in [0.1, 0.15) is 40.6 Å². The van der Waals surface area contributed by atoms with Crippen molar-refractivity contribution in [2.75, 3.05) is 18.4 Å². The van der Waals surface area contributed by atoms with E-state index in [1.54, 1.807) is 16.4 Å². The number of nitrogens with zero attached hydrogens (tertiary/aromatic N) is 2.